The number of furan rings is 1. The lowest BCUT2D eigenvalue weighted by atomic mass is 10.2. The first-order chi connectivity index (χ1) is 8.69. The molecule has 1 aromatic heterocycles. The van der Waals surface area contributed by atoms with Gasteiger partial charge in [-0.25, -0.2) is 0 Å². The second kappa shape index (κ2) is 5.89. The molecule has 0 aliphatic rings. The molecule has 0 aliphatic heterocycles. The van der Waals surface area contributed by atoms with E-state index in [1.54, 1.807) is 7.05 Å². The van der Waals surface area contributed by atoms with E-state index in [-0.39, 0.29) is 0 Å². The van der Waals surface area contributed by atoms with E-state index in [1.165, 1.54) is 0 Å². The minimum Gasteiger partial charge on any atom is -0.459 e. The Morgan fingerprint density at radius 2 is 1.94 bits per heavy atom. The lowest BCUT2D eigenvalue weighted by molar-refractivity contribution is 0.515. The molecule has 0 fully saturated rings. The molecule has 2 rings (SSSR count). The van der Waals surface area contributed by atoms with E-state index in [2.05, 4.69) is 10.6 Å². The van der Waals surface area contributed by atoms with E-state index in [1.807, 2.05) is 36.4 Å². The number of halogens is 1. The van der Waals surface area contributed by atoms with Crippen LogP contribution < -0.4 is 10.6 Å². The molecule has 0 radical (unpaired) electrons. The van der Waals surface area contributed by atoms with Crippen LogP contribution in [0.3, 0.4) is 0 Å². The smallest absolute Gasteiger partial charge is 0.166 e. The molecule has 0 amide bonds. The molecule has 2 N–H and O–H groups in total. The summed E-state index contributed by atoms with van der Waals surface area (Å²) in [5.74, 6) is 1.65. The summed E-state index contributed by atoms with van der Waals surface area (Å²) in [6.45, 7) is 0.563. The molecule has 0 aliphatic carbocycles. The number of benzene rings is 1. The molecule has 0 atom stereocenters. The first kappa shape index (κ1) is 12.9. The average Bonchev–Trinajstić information content (AvgIpc) is 2.85. The monoisotopic (exact) mass is 280 g/mol. The summed E-state index contributed by atoms with van der Waals surface area (Å²) in [5.41, 5.74) is 1.00. The molecular weight excluding hydrogens is 268 g/mol. The highest BCUT2D eigenvalue weighted by Crippen LogP contribution is 2.23. The van der Waals surface area contributed by atoms with Gasteiger partial charge in [-0.2, -0.15) is 0 Å². The van der Waals surface area contributed by atoms with Gasteiger partial charge in [0.2, 0.25) is 0 Å². The van der Waals surface area contributed by atoms with Crippen molar-refractivity contribution in [1.29, 1.82) is 0 Å². The maximum Gasteiger partial charge on any atom is 0.166 e. The van der Waals surface area contributed by atoms with Crippen LogP contribution in [-0.4, -0.2) is 12.2 Å². The molecule has 0 unspecified atom stereocenters. The molecule has 0 bridgehead atoms. The summed E-state index contributed by atoms with van der Waals surface area (Å²) >= 11 is 10.8. The molecule has 1 aromatic carbocycles. The zero-order chi connectivity index (χ0) is 13.0. The van der Waals surface area contributed by atoms with Gasteiger partial charge in [-0.05, 0) is 48.6 Å². The predicted molar refractivity (Wildman–Crippen MR) is 77.7 cm³/mol. The summed E-state index contributed by atoms with van der Waals surface area (Å²) in [5, 5.41) is 7.18. The van der Waals surface area contributed by atoms with Crippen molar-refractivity contribution in [1.82, 2.24) is 10.6 Å². The van der Waals surface area contributed by atoms with E-state index in [0.717, 1.165) is 17.1 Å². The molecule has 94 valence electrons. The Hall–Kier alpha value is -1.52. The number of thiocarbonyl (C=S) groups is 1. The predicted octanol–water partition coefficient (Wildman–Crippen LogP) is 3.19. The van der Waals surface area contributed by atoms with Crippen LogP contribution in [-0.2, 0) is 6.54 Å². The fraction of sp³-hybridized carbons (Fsp3) is 0.154. The Balaban J connectivity index is 2.06. The van der Waals surface area contributed by atoms with Gasteiger partial charge >= 0.3 is 0 Å². The van der Waals surface area contributed by atoms with Crippen molar-refractivity contribution in [2.24, 2.45) is 0 Å². The molecule has 0 spiro atoms. The average molecular weight is 281 g/mol. The standard InChI is InChI=1S/C13H13ClN2OS/c1-15-13(18)16-8-11-6-7-12(17-11)9-2-4-10(14)5-3-9/h2-7H,8H2,1H3,(H2,15,16,18). The third-order valence-electron chi connectivity index (χ3n) is 2.44. The highest BCUT2D eigenvalue weighted by Gasteiger charge is 2.04. The zero-order valence-electron chi connectivity index (χ0n) is 9.87. The first-order valence-corrected chi connectivity index (χ1v) is 6.28. The van der Waals surface area contributed by atoms with E-state index >= 15 is 0 Å². The number of hydrogen-bond donors (Lipinski definition) is 2. The summed E-state index contributed by atoms with van der Waals surface area (Å²) in [4.78, 5) is 0. The Morgan fingerprint density at radius 3 is 2.61 bits per heavy atom. The quantitative estimate of drug-likeness (QED) is 0.847. The molecule has 0 saturated heterocycles. The van der Waals surface area contributed by atoms with E-state index in [9.17, 15) is 0 Å². The van der Waals surface area contributed by atoms with Gasteiger partial charge in [0.25, 0.3) is 0 Å². The van der Waals surface area contributed by atoms with Crippen molar-refractivity contribution >= 4 is 28.9 Å². The van der Waals surface area contributed by atoms with Crippen LogP contribution >= 0.6 is 23.8 Å². The maximum atomic E-state index is 5.84. The Kier molecular flexibility index (Phi) is 4.23. The normalized spacial score (nSPS) is 10.1. The summed E-state index contributed by atoms with van der Waals surface area (Å²) in [6, 6.07) is 11.4. The summed E-state index contributed by atoms with van der Waals surface area (Å²) in [7, 11) is 1.77. The Labute approximate surface area is 116 Å². The molecular formula is C13H13ClN2OS. The topological polar surface area (TPSA) is 37.2 Å². The summed E-state index contributed by atoms with van der Waals surface area (Å²) in [6.07, 6.45) is 0. The minimum atomic E-state index is 0.563. The van der Waals surface area contributed by atoms with Gasteiger partial charge in [-0.1, -0.05) is 11.6 Å². The van der Waals surface area contributed by atoms with Crippen LogP contribution in [0.25, 0.3) is 11.3 Å². The van der Waals surface area contributed by atoms with Gasteiger partial charge in [0.15, 0.2) is 5.11 Å². The molecule has 2 aromatic rings. The highest BCUT2D eigenvalue weighted by atomic mass is 35.5. The number of rotatable bonds is 3. The van der Waals surface area contributed by atoms with Gasteiger partial charge in [-0.15, -0.1) is 0 Å². The largest absolute Gasteiger partial charge is 0.459 e. The zero-order valence-corrected chi connectivity index (χ0v) is 11.4. The van der Waals surface area contributed by atoms with Crippen LogP contribution in [0.15, 0.2) is 40.8 Å². The van der Waals surface area contributed by atoms with Crippen molar-refractivity contribution in [2.75, 3.05) is 7.05 Å². The third-order valence-corrected chi connectivity index (χ3v) is 3.04. The van der Waals surface area contributed by atoms with Gasteiger partial charge in [0, 0.05) is 17.6 Å². The van der Waals surface area contributed by atoms with Crippen LogP contribution in [0.2, 0.25) is 5.02 Å². The van der Waals surface area contributed by atoms with E-state index < -0.39 is 0 Å². The first-order valence-electron chi connectivity index (χ1n) is 5.49. The third kappa shape index (κ3) is 3.24. The fourth-order valence-electron chi connectivity index (χ4n) is 1.50. The molecule has 18 heavy (non-hydrogen) atoms. The molecule has 1 heterocycles. The maximum absolute atomic E-state index is 5.84. The number of nitrogens with one attached hydrogen (secondary N) is 2. The van der Waals surface area contributed by atoms with Crippen molar-refractivity contribution in [2.45, 2.75) is 6.54 Å². The van der Waals surface area contributed by atoms with Crippen LogP contribution in [0.5, 0.6) is 0 Å². The van der Waals surface area contributed by atoms with Crippen LogP contribution in [0.1, 0.15) is 5.76 Å². The SMILES string of the molecule is CNC(=S)NCc1ccc(-c2ccc(Cl)cc2)o1. The lowest BCUT2D eigenvalue weighted by Gasteiger charge is -2.04. The Bertz CT molecular complexity index is 536. The van der Waals surface area contributed by atoms with Crippen LogP contribution in [0.4, 0.5) is 0 Å². The van der Waals surface area contributed by atoms with Crippen molar-refractivity contribution < 1.29 is 4.42 Å². The van der Waals surface area contributed by atoms with E-state index in [4.69, 9.17) is 28.2 Å². The second-order valence-electron chi connectivity index (χ2n) is 3.71. The summed E-state index contributed by atoms with van der Waals surface area (Å²) < 4.78 is 5.71. The van der Waals surface area contributed by atoms with Gasteiger partial charge in [-0.3, -0.25) is 0 Å². The van der Waals surface area contributed by atoms with Crippen molar-refractivity contribution in [3.63, 3.8) is 0 Å². The van der Waals surface area contributed by atoms with Gasteiger partial charge < -0.3 is 15.1 Å². The van der Waals surface area contributed by atoms with Gasteiger partial charge in [0.05, 0.1) is 6.54 Å². The molecule has 0 saturated carbocycles. The lowest BCUT2D eigenvalue weighted by Crippen LogP contribution is -2.31. The van der Waals surface area contributed by atoms with Gasteiger partial charge in [0.1, 0.15) is 11.5 Å². The fourth-order valence-corrected chi connectivity index (χ4v) is 1.70. The second-order valence-corrected chi connectivity index (χ2v) is 4.55. The highest BCUT2D eigenvalue weighted by molar-refractivity contribution is 7.80. The van der Waals surface area contributed by atoms with E-state index in [0.29, 0.717) is 16.7 Å². The minimum absolute atomic E-state index is 0.563. The number of hydrogen-bond acceptors (Lipinski definition) is 2. The van der Waals surface area contributed by atoms with Crippen molar-refractivity contribution in [3.05, 3.63) is 47.2 Å². The van der Waals surface area contributed by atoms with Crippen molar-refractivity contribution in [3.8, 4) is 11.3 Å². The molecule has 5 heteroatoms. The molecule has 3 nitrogen and oxygen atoms in total. The van der Waals surface area contributed by atoms with Crippen LogP contribution in [0, 0.1) is 0 Å². The Morgan fingerprint density at radius 1 is 1.22 bits per heavy atom.